The Bertz CT molecular complexity index is 426. The molecule has 0 bridgehead atoms. The van der Waals surface area contributed by atoms with E-state index in [4.69, 9.17) is 5.73 Å². The number of rotatable bonds is 2. The number of alkyl halides is 2. The van der Waals surface area contributed by atoms with Crippen molar-refractivity contribution in [2.24, 2.45) is 5.73 Å². The average molecular weight is 202 g/mol. The zero-order valence-corrected chi connectivity index (χ0v) is 7.30. The number of carbonyl (C=O) groups excluding carboxylic acids is 1. The van der Waals surface area contributed by atoms with E-state index in [0.717, 1.165) is 6.20 Å². The highest BCUT2D eigenvalue weighted by atomic mass is 19.3. The molecule has 0 aliphatic heterocycles. The fourth-order valence-corrected chi connectivity index (χ4v) is 1.10. The maximum atomic E-state index is 12.2. The van der Waals surface area contributed by atoms with Crippen LogP contribution in [0.4, 0.5) is 8.78 Å². The van der Waals surface area contributed by atoms with Gasteiger partial charge in [0, 0.05) is 11.9 Å². The number of H-pyrrole nitrogens is 1. The lowest BCUT2D eigenvalue weighted by atomic mass is 10.1. The van der Waals surface area contributed by atoms with Gasteiger partial charge in [-0.3, -0.25) is 9.59 Å². The molecule has 1 aromatic heterocycles. The lowest BCUT2D eigenvalue weighted by Gasteiger charge is -2.03. The van der Waals surface area contributed by atoms with E-state index in [1.807, 2.05) is 0 Å². The summed E-state index contributed by atoms with van der Waals surface area (Å²) in [5, 5.41) is 0. The van der Waals surface area contributed by atoms with Gasteiger partial charge in [0.1, 0.15) is 5.56 Å². The first-order chi connectivity index (χ1) is 6.45. The van der Waals surface area contributed by atoms with E-state index in [1.165, 1.54) is 6.92 Å². The van der Waals surface area contributed by atoms with Crippen LogP contribution in [-0.4, -0.2) is 10.9 Å². The molecule has 0 radical (unpaired) electrons. The summed E-state index contributed by atoms with van der Waals surface area (Å²) in [5.41, 5.74) is 2.90. The van der Waals surface area contributed by atoms with E-state index in [2.05, 4.69) is 4.98 Å². The standard InChI is InChI=1S/C8H8F2N2O2/c1-3-5(8(11)14)6(13)4(2-12-3)7(9)10/h2,7H,1H3,(H2,11,14)(H,12,13). The number of aromatic amines is 1. The lowest BCUT2D eigenvalue weighted by Crippen LogP contribution is -2.26. The molecule has 0 saturated heterocycles. The zero-order chi connectivity index (χ0) is 10.9. The van der Waals surface area contributed by atoms with Gasteiger partial charge in [0.25, 0.3) is 12.3 Å². The Hall–Kier alpha value is -1.72. The van der Waals surface area contributed by atoms with Gasteiger partial charge in [0.05, 0.1) is 5.56 Å². The Morgan fingerprint density at radius 3 is 2.57 bits per heavy atom. The number of hydrogen-bond donors (Lipinski definition) is 2. The molecule has 1 amide bonds. The van der Waals surface area contributed by atoms with Crippen LogP contribution in [0.3, 0.4) is 0 Å². The molecule has 1 heterocycles. The Kier molecular flexibility index (Phi) is 2.64. The minimum absolute atomic E-state index is 0.187. The third-order valence-corrected chi connectivity index (χ3v) is 1.79. The molecule has 14 heavy (non-hydrogen) atoms. The van der Waals surface area contributed by atoms with Crippen LogP contribution in [0.25, 0.3) is 0 Å². The van der Waals surface area contributed by atoms with E-state index < -0.39 is 28.9 Å². The minimum Gasteiger partial charge on any atom is -0.365 e. The molecular formula is C8H8F2N2O2. The largest absolute Gasteiger partial charge is 0.365 e. The predicted octanol–water partition coefficient (Wildman–Crippen LogP) is 0.720. The lowest BCUT2D eigenvalue weighted by molar-refractivity contribution is 0.0997. The van der Waals surface area contributed by atoms with Gasteiger partial charge in [0.2, 0.25) is 5.43 Å². The zero-order valence-electron chi connectivity index (χ0n) is 7.30. The molecule has 0 saturated carbocycles. The molecule has 0 aromatic carbocycles. The molecule has 0 aliphatic carbocycles. The highest BCUT2D eigenvalue weighted by molar-refractivity contribution is 5.93. The fourth-order valence-electron chi connectivity index (χ4n) is 1.10. The molecule has 0 aliphatic rings. The molecule has 76 valence electrons. The minimum atomic E-state index is -2.92. The second-order valence-corrected chi connectivity index (χ2v) is 2.74. The number of pyridine rings is 1. The van der Waals surface area contributed by atoms with E-state index in [9.17, 15) is 18.4 Å². The molecule has 1 rings (SSSR count). The van der Waals surface area contributed by atoms with Crippen LogP contribution in [0.1, 0.15) is 28.0 Å². The van der Waals surface area contributed by atoms with Gasteiger partial charge >= 0.3 is 0 Å². The summed E-state index contributed by atoms with van der Waals surface area (Å²) in [7, 11) is 0. The molecular weight excluding hydrogens is 194 g/mol. The van der Waals surface area contributed by atoms with Crippen molar-refractivity contribution in [1.29, 1.82) is 0 Å². The Labute approximate surface area is 77.7 Å². The smallest absolute Gasteiger partial charge is 0.269 e. The van der Waals surface area contributed by atoms with E-state index in [0.29, 0.717) is 0 Å². The van der Waals surface area contributed by atoms with Crippen LogP contribution >= 0.6 is 0 Å². The number of amides is 1. The summed E-state index contributed by atoms with van der Waals surface area (Å²) in [6.07, 6.45) is -2.04. The SMILES string of the molecule is Cc1[nH]cc(C(F)F)c(=O)c1C(N)=O. The molecule has 1 aromatic rings. The van der Waals surface area contributed by atoms with Crippen LogP contribution in [0, 0.1) is 6.92 Å². The number of aryl methyl sites for hydroxylation is 1. The maximum Gasteiger partial charge on any atom is 0.269 e. The van der Waals surface area contributed by atoms with Crippen molar-refractivity contribution in [2.45, 2.75) is 13.3 Å². The van der Waals surface area contributed by atoms with Crippen molar-refractivity contribution in [3.05, 3.63) is 33.2 Å². The third kappa shape index (κ3) is 1.63. The first kappa shape index (κ1) is 10.4. The van der Waals surface area contributed by atoms with Crippen molar-refractivity contribution >= 4 is 5.91 Å². The summed E-state index contributed by atoms with van der Waals surface area (Å²) in [4.78, 5) is 24.4. The number of carbonyl (C=O) groups is 1. The summed E-state index contributed by atoms with van der Waals surface area (Å²) >= 11 is 0. The normalized spacial score (nSPS) is 10.6. The maximum absolute atomic E-state index is 12.2. The number of nitrogens with two attached hydrogens (primary N) is 1. The first-order valence-corrected chi connectivity index (χ1v) is 3.75. The van der Waals surface area contributed by atoms with Gasteiger partial charge in [-0.25, -0.2) is 8.78 Å². The first-order valence-electron chi connectivity index (χ1n) is 3.75. The molecule has 4 nitrogen and oxygen atoms in total. The van der Waals surface area contributed by atoms with E-state index in [1.54, 1.807) is 0 Å². The monoisotopic (exact) mass is 202 g/mol. The third-order valence-electron chi connectivity index (χ3n) is 1.79. The molecule has 0 fully saturated rings. The van der Waals surface area contributed by atoms with Crippen molar-refractivity contribution < 1.29 is 13.6 Å². The second-order valence-electron chi connectivity index (χ2n) is 2.74. The van der Waals surface area contributed by atoms with Crippen molar-refractivity contribution in [2.75, 3.05) is 0 Å². The van der Waals surface area contributed by atoms with Gasteiger partial charge in [-0.15, -0.1) is 0 Å². The molecule has 0 spiro atoms. The fraction of sp³-hybridized carbons (Fsp3) is 0.250. The molecule has 0 unspecified atom stereocenters. The molecule has 0 atom stereocenters. The summed E-state index contributed by atoms with van der Waals surface area (Å²) in [5.74, 6) is -1.01. The summed E-state index contributed by atoms with van der Waals surface area (Å²) in [6.45, 7) is 1.41. The highest BCUT2D eigenvalue weighted by Gasteiger charge is 2.18. The number of aromatic nitrogens is 1. The van der Waals surface area contributed by atoms with Crippen molar-refractivity contribution in [1.82, 2.24) is 4.98 Å². The summed E-state index contributed by atoms with van der Waals surface area (Å²) < 4.78 is 24.5. The molecule has 3 N–H and O–H groups in total. The van der Waals surface area contributed by atoms with Crippen LogP contribution < -0.4 is 11.2 Å². The number of halogens is 2. The van der Waals surface area contributed by atoms with Gasteiger partial charge in [-0.2, -0.15) is 0 Å². The summed E-state index contributed by atoms with van der Waals surface area (Å²) in [6, 6.07) is 0. The predicted molar refractivity (Wildman–Crippen MR) is 45.3 cm³/mol. The topological polar surface area (TPSA) is 75.9 Å². The van der Waals surface area contributed by atoms with Gasteiger partial charge in [-0.1, -0.05) is 0 Å². The van der Waals surface area contributed by atoms with Gasteiger partial charge in [-0.05, 0) is 6.92 Å². The molecule has 6 heteroatoms. The van der Waals surface area contributed by atoms with Crippen LogP contribution in [0.2, 0.25) is 0 Å². The van der Waals surface area contributed by atoms with Crippen LogP contribution in [0.15, 0.2) is 11.0 Å². The highest BCUT2D eigenvalue weighted by Crippen LogP contribution is 2.14. The van der Waals surface area contributed by atoms with Crippen molar-refractivity contribution in [3.8, 4) is 0 Å². The van der Waals surface area contributed by atoms with E-state index in [-0.39, 0.29) is 5.69 Å². The van der Waals surface area contributed by atoms with Gasteiger partial charge < -0.3 is 10.7 Å². The Balaban J connectivity index is 3.50. The second kappa shape index (κ2) is 3.57. The number of hydrogen-bond acceptors (Lipinski definition) is 2. The number of primary amides is 1. The Morgan fingerprint density at radius 2 is 2.14 bits per heavy atom. The van der Waals surface area contributed by atoms with Crippen molar-refractivity contribution in [3.63, 3.8) is 0 Å². The Morgan fingerprint density at radius 1 is 1.57 bits per heavy atom. The number of nitrogens with one attached hydrogen (secondary N) is 1. The van der Waals surface area contributed by atoms with Crippen LogP contribution in [0.5, 0.6) is 0 Å². The quantitative estimate of drug-likeness (QED) is 0.741. The van der Waals surface area contributed by atoms with Gasteiger partial charge in [0.15, 0.2) is 0 Å². The van der Waals surface area contributed by atoms with E-state index >= 15 is 0 Å². The van der Waals surface area contributed by atoms with Crippen LogP contribution in [-0.2, 0) is 0 Å². The average Bonchev–Trinajstić information content (AvgIpc) is 2.02.